The van der Waals surface area contributed by atoms with Crippen molar-refractivity contribution in [3.8, 4) is 0 Å². The lowest BCUT2D eigenvalue weighted by Crippen LogP contribution is -2.42. The van der Waals surface area contributed by atoms with Crippen LogP contribution in [0.1, 0.15) is 52.4 Å². The smallest absolute Gasteiger partial charge is 0.321 e. The highest BCUT2D eigenvalue weighted by atomic mass is 32.2. The van der Waals surface area contributed by atoms with Crippen LogP contribution in [0, 0.1) is 11.8 Å². The molecule has 1 rings (SSSR count). The van der Waals surface area contributed by atoms with Gasteiger partial charge in [0, 0.05) is 0 Å². The summed E-state index contributed by atoms with van der Waals surface area (Å²) in [6.45, 7) is 3.76. The van der Waals surface area contributed by atoms with E-state index in [2.05, 4.69) is 4.72 Å². The lowest BCUT2D eigenvalue weighted by atomic mass is 10.1. The fourth-order valence-electron chi connectivity index (χ4n) is 2.57. The predicted octanol–water partition coefficient (Wildman–Crippen LogP) is 1.99. The molecule has 1 saturated carbocycles. The summed E-state index contributed by atoms with van der Waals surface area (Å²) < 4.78 is 26.1. The molecule has 0 radical (unpaired) electrons. The molecule has 1 unspecified atom stereocenters. The minimum Gasteiger partial charge on any atom is -0.480 e. The molecule has 0 aromatic rings. The molecule has 6 heteroatoms. The Kier molecular flexibility index (Phi) is 6.26. The quantitative estimate of drug-likeness (QED) is 0.716. The Morgan fingerprint density at radius 3 is 2.37 bits per heavy atom. The van der Waals surface area contributed by atoms with E-state index in [9.17, 15) is 13.2 Å². The first-order valence-corrected chi connectivity index (χ1v) is 8.68. The first kappa shape index (κ1) is 16.4. The summed E-state index contributed by atoms with van der Waals surface area (Å²) in [6.07, 6.45) is 5.53. The van der Waals surface area contributed by atoms with Crippen LogP contribution in [-0.2, 0) is 14.8 Å². The number of carboxylic acid groups (broad SMARTS) is 1. The van der Waals surface area contributed by atoms with Gasteiger partial charge in [0.25, 0.3) is 0 Å². The third-order valence-electron chi connectivity index (χ3n) is 3.60. The van der Waals surface area contributed by atoms with Crippen molar-refractivity contribution < 1.29 is 18.3 Å². The molecular weight excluding hydrogens is 266 g/mol. The summed E-state index contributed by atoms with van der Waals surface area (Å²) in [5.41, 5.74) is 0. The summed E-state index contributed by atoms with van der Waals surface area (Å²) in [7, 11) is -3.49. The minimum atomic E-state index is -3.49. The highest BCUT2D eigenvalue weighted by molar-refractivity contribution is 7.89. The Hall–Kier alpha value is -0.620. The lowest BCUT2D eigenvalue weighted by Gasteiger charge is -2.17. The van der Waals surface area contributed by atoms with Gasteiger partial charge in [-0.25, -0.2) is 13.1 Å². The summed E-state index contributed by atoms with van der Waals surface area (Å²) in [5.74, 6) is -0.429. The van der Waals surface area contributed by atoms with Crippen molar-refractivity contribution in [2.45, 2.75) is 58.4 Å². The van der Waals surface area contributed by atoms with Gasteiger partial charge >= 0.3 is 5.97 Å². The van der Waals surface area contributed by atoms with Gasteiger partial charge in [-0.3, -0.25) is 4.79 Å². The predicted molar refractivity (Wildman–Crippen MR) is 74.4 cm³/mol. The van der Waals surface area contributed by atoms with Crippen molar-refractivity contribution >= 4 is 16.0 Å². The second kappa shape index (κ2) is 7.24. The highest BCUT2D eigenvalue weighted by Crippen LogP contribution is 2.27. The second-order valence-electron chi connectivity index (χ2n) is 5.90. The number of aliphatic carboxylic acids is 1. The van der Waals surface area contributed by atoms with Crippen molar-refractivity contribution in [1.29, 1.82) is 0 Å². The topological polar surface area (TPSA) is 83.5 Å². The fraction of sp³-hybridized carbons (Fsp3) is 0.923. The van der Waals surface area contributed by atoms with E-state index in [4.69, 9.17) is 5.11 Å². The van der Waals surface area contributed by atoms with Crippen molar-refractivity contribution in [2.24, 2.45) is 11.8 Å². The molecular formula is C13H25NO4S. The minimum absolute atomic E-state index is 0.0412. The fourth-order valence-corrected chi connectivity index (χ4v) is 3.96. The van der Waals surface area contributed by atoms with Crippen LogP contribution >= 0.6 is 0 Å². The average molecular weight is 291 g/mol. The van der Waals surface area contributed by atoms with Crippen molar-refractivity contribution in [3.05, 3.63) is 0 Å². The number of nitrogens with one attached hydrogen (secondary N) is 1. The molecule has 0 aromatic carbocycles. The summed E-state index contributed by atoms with van der Waals surface area (Å²) in [5, 5.41) is 9.04. The molecule has 112 valence electrons. The largest absolute Gasteiger partial charge is 0.480 e. The molecule has 0 aliphatic heterocycles. The molecule has 1 atom stereocenters. The number of rotatable bonds is 8. The Bertz CT molecular complexity index is 385. The molecule has 1 fully saturated rings. The zero-order valence-electron chi connectivity index (χ0n) is 11.8. The van der Waals surface area contributed by atoms with Crippen LogP contribution < -0.4 is 4.72 Å². The van der Waals surface area contributed by atoms with Gasteiger partial charge in [0.15, 0.2) is 0 Å². The maximum Gasteiger partial charge on any atom is 0.321 e. The van der Waals surface area contributed by atoms with Crippen LogP contribution in [0.25, 0.3) is 0 Å². The first-order chi connectivity index (χ1) is 8.80. The van der Waals surface area contributed by atoms with Crippen molar-refractivity contribution in [3.63, 3.8) is 0 Å². The number of carbonyl (C=O) groups is 1. The molecule has 0 aromatic heterocycles. The van der Waals surface area contributed by atoms with E-state index >= 15 is 0 Å². The molecule has 1 aliphatic rings. The Morgan fingerprint density at radius 1 is 1.32 bits per heavy atom. The van der Waals surface area contributed by atoms with E-state index < -0.39 is 22.0 Å². The third kappa shape index (κ3) is 6.38. The van der Waals surface area contributed by atoms with Gasteiger partial charge in [-0.2, -0.15) is 0 Å². The van der Waals surface area contributed by atoms with E-state index in [0.29, 0.717) is 18.8 Å². The van der Waals surface area contributed by atoms with Gasteiger partial charge < -0.3 is 5.11 Å². The van der Waals surface area contributed by atoms with Gasteiger partial charge in [0.05, 0.1) is 5.75 Å². The first-order valence-electron chi connectivity index (χ1n) is 7.03. The zero-order chi connectivity index (χ0) is 14.5. The van der Waals surface area contributed by atoms with Gasteiger partial charge in [-0.1, -0.05) is 39.5 Å². The standard InChI is InChI=1S/C13H25NO4S/c1-10(2)9-12(13(15)16)14-19(17,18)8-7-11-5-3-4-6-11/h10-12,14H,3-9H2,1-2H3,(H,15,16). The van der Waals surface area contributed by atoms with Crippen LogP contribution in [0.4, 0.5) is 0 Å². The van der Waals surface area contributed by atoms with Gasteiger partial charge in [-0.15, -0.1) is 0 Å². The molecule has 0 heterocycles. The van der Waals surface area contributed by atoms with E-state index in [-0.39, 0.29) is 11.7 Å². The highest BCUT2D eigenvalue weighted by Gasteiger charge is 2.26. The Labute approximate surface area is 115 Å². The van der Waals surface area contributed by atoms with Crippen molar-refractivity contribution in [1.82, 2.24) is 4.72 Å². The molecule has 0 spiro atoms. The summed E-state index contributed by atoms with van der Waals surface area (Å²) in [4.78, 5) is 11.0. The number of sulfonamides is 1. The molecule has 19 heavy (non-hydrogen) atoms. The number of carboxylic acids is 1. The van der Waals surface area contributed by atoms with E-state index in [1.165, 1.54) is 12.8 Å². The molecule has 2 N–H and O–H groups in total. The molecule has 0 amide bonds. The van der Waals surface area contributed by atoms with Crippen LogP contribution in [0.15, 0.2) is 0 Å². The Morgan fingerprint density at radius 2 is 1.89 bits per heavy atom. The SMILES string of the molecule is CC(C)CC(NS(=O)(=O)CCC1CCCC1)C(=O)O. The van der Waals surface area contributed by atoms with E-state index in [1.54, 1.807) is 0 Å². The molecule has 5 nitrogen and oxygen atoms in total. The summed E-state index contributed by atoms with van der Waals surface area (Å²) in [6, 6.07) is -1.01. The normalized spacial score (nSPS) is 18.9. The van der Waals surface area contributed by atoms with E-state index in [1.807, 2.05) is 13.8 Å². The van der Waals surface area contributed by atoms with Crippen LogP contribution in [-0.4, -0.2) is 31.3 Å². The lowest BCUT2D eigenvalue weighted by molar-refractivity contribution is -0.139. The van der Waals surface area contributed by atoms with Gasteiger partial charge in [0.2, 0.25) is 10.0 Å². The van der Waals surface area contributed by atoms with Crippen molar-refractivity contribution in [2.75, 3.05) is 5.75 Å². The monoisotopic (exact) mass is 291 g/mol. The van der Waals surface area contributed by atoms with Crippen LogP contribution in [0.3, 0.4) is 0 Å². The molecule has 0 saturated heterocycles. The van der Waals surface area contributed by atoms with Crippen LogP contribution in [0.5, 0.6) is 0 Å². The Balaban J connectivity index is 2.48. The summed E-state index contributed by atoms with van der Waals surface area (Å²) >= 11 is 0. The van der Waals surface area contributed by atoms with Gasteiger partial charge in [0.1, 0.15) is 6.04 Å². The number of hydrogen-bond acceptors (Lipinski definition) is 3. The molecule has 1 aliphatic carbocycles. The van der Waals surface area contributed by atoms with Gasteiger partial charge in [-0.05, 0) is 24.7 Å². The average Bonchev–Trinajstić information content (AvgIpc) is 2.77. The van der Waals surface area contributed by atoms with Crippen LogP contribution in [0.2, 0.25) is 0 Å². The molecule has 0 bridgehead atoms. The maximum absolute atomic E-state index is 11.9. The second-order valence-corrected chi connectivity index (χ2v) is 7.77. The third-order valence-corrected chi connectivity index (χ3v) is 5.01. The van der Waals surface area contributed by atoms with E-state index in [0.717, 1.165) is 12.8 Å². The zero-order valence-corrected chi connectivity index (χ0v) is 12.6. The number of hydrogen-bond donors (Lipinski definition) is 2. The maximum atomic E-state index is 11.9.